The molecule has 0 bridgehead atoms. The summed E-state index contributed by atoms with van der Waals surface area (Å²) >= 11 is 3.32. The van der Waals surface area contributed by atoms with Crippen LogP contribution in [0.4, 0.5) is 5.82 Å². The van der Waals surface area contributed by atoms with Gasteiger partial charge in [-0.15, -0.1) is 0 Å². The molecule has 0 aliphatic carbocycles. The summed E-state index contributed by atoms with van der Waals surface area (Å²) in [6.07, 6.45) is 4.01. The van der Waals surface area contributed by atoms with E-state index in [1.54, 1.807) is 12.3 Å². The first kappa shape index (κ1) is 17.4. The second-order valence-corrected chi connectivity index (χ2v) is 7.44. The number of hydrogen-bond donors (Lipinski definition) is 1. The minimum atomic E-state index is -0.0711. The number of carbonyl (C=O) groups excluding carboxylic acids is 2. The molecule has 1 aromatic rings. The standard InChI is InChI=1S/C17H22BrN3O3/c1-11-8-13(10-24-11)17(23)21-6-4-12(5-7-21)16(22)20-15-3-2-14(18)9-19-15/h2-3,9,11-13H,4-8,10H2,1H3,(H,19,20,22). The molecule has 0 spiro atoms. The summed E-state index contributed by atoms with van der Waals surface area (Å²) in [6, 6.07) is 3.61. The van der Waals surface area contributed by atoms with E-state index in [1.165, 1.54) is 0 Å². The number of likely N-dealkylation sites (tertiary alicyclic amines) is 1. The Morgan fingerprint density at radius 1 is 1.29 bits per heavy atom. The highest BCUT2D eigenvalue weighted by molar-refractivity contribution is 9.10. The zero-order valence-corrected chi connectivity index (χ0v) is 15.3. The highest BCUT2D eigenvalue weighted by Crippen LogP contribution is 2.25. The number of aromatic nitrogens is 1. The van der Waals surface area contributed by atoms with Crippen molar-refractivity contribution in [1.29, 1.82) is 0 Å². The van der Waals surface area contributed by atoms with Gasteiger partial charge in [-0.1, -0.05) is 0 Å². The number of piperidine rings is 1. The molecule has 2 unspecified atom stereocenters. The van der Waals surface area contributed by atoms with Gasteiger partial charge < -0.3 is 15.0 Å². The minimum Gasteiger partial charge on any atom is -0.378 e. The molecule has 0 saturated carbocycles. The van der Waals surface area contributed by atoms with Crippen molar-refractivity contribution >= 4 is 33.6 Å². The zero-order chi connectivity index (χ0) is 17.1. The van der Waals surface area contributed by atoms with Crippen molar-refractivity contribution in [2.45, 2.75) is 32.3 Å². The van der Waals surface area contributed by atoms with Crippen LogP contribution in [0.15, 0.2) is 22.8 Å². The van der Waals surface area contributed by atoms with Gasteiger partial charge in [0.25, 0.3) is 0 Å². The van der Waals surface area contributed by atoms with Crippen LogP contribution in [-0.2, 0) is 14.3 Å². The number of ether oxygens (including phenoxy) is 1. The number of halogens is 1. The van der Waals surface area contributed by atoms with Gasteiger partial charge in [0.1, 0.15) is 5.82 Å². The third kappa shape index (κ3) is 4.13. The van der Waals surface area contributed by atoms with Crippen molar-refractivity contribution in [3.63, 3.8) is 0 Å². The summed E-state index contributed by atoms with van der Waals surface area (Å²) in [6.45, 7) is 3.79. The van der Waals surface area contributed by atoms with Crippen LogP contribution in [0.5, 0.6) is 0 Å². The smallest absolute Gasteiger partial charge is 0.228 e. The van der Waals surface area contributed by atoms with Crippen LogP contribution in [0.25, 0.3) is 0 Å². The van der Waals surface area contributed by atoms with E-state index in [0.717, 1.165) is 10.9 Å². The average molecular weight is 396 g/mol. The van der Waals surface area contributed by atoms with Crippen LogP contribution in [0, 0.1) is 11.8 Å². The van der Waals surface area contributed by atoms with Gasteiger partial charge in [0, 0.05) is 29.7 Å². The molecule has 7 heteroatoms. The largest absolute Gasteiger partial charge is 0.378 e. The van der Waals surface area contributed by atoms with Gasteiger partial charge in [-0.2, -0.15) is 0 Å². The summed E-state index contributed by atoms with van der Waals surface area (Å²) in [5.74, 6) is 0.622. The van der Waals surface area contributed by atoms with Crippen molar-refractivity contribution in [1.82, 2.24) is 9.88 Å². The molecular weight excluding hydrogens is 374 g/mol. The molecule has 0 radical (unpaired) electrons. The molecule has 2 saturated heterocycles. The number of nitrogens with zero attached hydrogens (tertiary/aromatic N) is 2. The average Bonchev–Trinajstić information content (AvgIpc) is 3.03. The van der Waals surface area contributed by atoms with Crippen molar-refractivity contribution in [3.05, 3.63) is 22.8 Å². The number of carbonyl (C=O) groups is 2. The Hall–Kier alpha value is -1.47. The zero-order valence-electron chi connectivity index (χ0n) is 13.7. The van der Waals surface area contributed by atoms with E-state index >= 15 is 0 Å². The van der Waals surface area contributed by atoms with Crippen LogP contribution in [-0.4, -0.2) is 47.5 Å². The van der Waals surface area contributed by atoms with E-state index < -0.39 is 0 Å². The Kier molecular flexibility index (Phi) is 5.50. The van der Waals surface area contributed by atoms with Crippen LogP contribution < -0.4 is 5.32 Å². The van der Waals surface area contributed by atoms with Crippen LogP contribution in [0.1, 0.15) is 26.2 Å². The number of rotatable bonds is 3. The molecule has 2 atom stereocenters. The third-order valence-corrected chi connectivity index (χ3v) is 5.17. The lowest BCUT2D eigenvalue weighted by Gasteiger charge is -2.32. The van der Waals surface area contributed by atoms with Crippen molar-refractivity contribution in [2.75, 3.05) is 25.0 Å². The lowest BCUT2D eigenvalue weighted by atomic mass is 9.94. The van der Waals surface area contributed by atoms with Crippen molar-refractivity contribution in [2.24, 2.45) is 11.8 Å². The Morgan fingerprint density at radius 2 is 2.04 bits per heavy atom. The monoisotopic (exact) mass is 395 g/mol. The fourth-order valence-electron chi connectivity index (χ4n) is 3.29. The Balaban J connectivity index is 1.48. The molecule has 2 aliphatic heterocycles. The molecule has 24 heavy (non-hydrogen) atoms. The lowest BCUT2D eigenvalue weighted by molar-refractivity contribution is -0.138. The Labute approximate surface area is 150 Å². The van der Waals surface area contributed by atoms with Crippen LogP contribution in [0.3, 0.4) is 0 Å². The van der Waals surface area contributed by atoms with Gasteiger partial charge in [0.05, 0.1) is 18.6 Å². The number of hydrogen-bond acceptors (Lipinski definition) is 4. The van der Waals surface area contributed by atoms with Gasteiger partial charge in [-0.25, -0.2) is 4.98 Å². The van der Waals surface area contributed by atoms with Gasteiger partial charge in [-0.05, 0) is 54.2 Å². The number of amides is 2. The topological polar surface area (TPSA) is 71.5 Å². The normalized spacial score (nSPS) is 24.8. The maximum absolute atomic E-state index is 12.5. The molecule has 2 aliphatic rings. The van der Waals surface area contributed by atoms with E-state index in [0.29, 0.717) is 38.4 Å². The predicted octanol–water partition coefficient (Wildman–Crippen LogP) is 2.45. The van der Waals surface area contributed by atoms with E-state index in [9.17, 15) is 9.59 Å². The summed E-state index contributed by atoms with van der Waals surface area (Å²) < 4.78 is 6.36. The van der Waals surface area contributed by atoms with Gasteiger partial charge in [-0.3, -0.25) is 9.59 Å². The summed E-state index contributed by atoms with van der Waals surface area (Å²) in [4.78, 5) is 30.9. The summed E-state index contributed by atoms with van der Waals surface area (Å²) in [7, 11) is 0. The fraction of sp³-hybridized carbons (Fsp3) is 0.588. The van der Waals surface area contributed by atoms with E-state index in [2.05, 4.69) is 26.2 Å². The minimum absolute atomic E-state index is 0.0163. The molecule has 2 amide bonds. The predicted molar refractivity (Wildman–Crippen MR) is 93.4 cm³/mol. The molecule has 0 aromatic carbocycles. The van der Waals surface area contributed by atoms with Crippen molar-refractivity contribution < 1.29 is 14.3 Å². The highest BCUT2D eigenvalue weighted by atomic mass is 79.9. The molecule has 1 N–H and O–H groups in total. The second kappa shape index (κ2) is 7.61. The third-order valence-electron chi connectivity index (χ3n) is 4.70. The summed E-state index contributed by atoms with van der Waals surface area (Å²) in [5, 5.41) is 2.85. The van der Waals surface area contributed by atoms with Crippen LogP contribution >= 0.6 is 15.9 Å². The maximum Gasteiger partial charge on any atom is 0.228 e. The Morgan fingerprint density at radius 3 is 2.62 bits per heavy atom. The molecule has 3 rings (SSSR count). The SMILES string of the molecule is CC1CC(C(=O)N2CCC(C(=O)Nc3ccc(Br)cn3)CC2)CO1. The molecule has 130 valence electrons. The number of anilines is 1. The first-order valence-corrected chi connectivity index (χ1v) is 9.15. The van der Waals surface area contributed by atoms with Crippen molar-refractivity contribution in [3.8, 4) is 0 Å². The first-order chi connectivity index (χ1) is 11.5. The lowest BCUT2D eigenvalue weighted by Crippen LogP contribution is -2.44. The molecule has 6 nitrogen and oxygen atoms in total. The van der Waals surface area contributed by atoms with Crippen LogP contribution in [0.2, 0.25) is 0 Å². The van der Waals surface area contributed by atoms with E-state index in [1.807, 2.05) is 17.9 Å². The molecule has 1 aromatic heterocycles. The van der Waals surface area contributed by atoms with Gasteiger partial charge in [0.15, 0.2) is 0 Å². The number of pyridine rings is 1. The van der Waals surface area contributed by atoms with Gasteiger partial charge >= 0.3 is 0 Å². The molecular formula is C17H22BrN3O3. The first-order valence-electron chi connectivity index (χ1n) is 8.35. The molecule has 2 fully saturated rings. The summed E-state index contributed by atoms with van der Waals surface area (Å²) in [5.41, 5.74) is 0. The fourth-order valence-corrected chi connectivity index (χ4v) is 3.52. The van der Waals surface area contributed by atoms with E-state index in [4.69, 9.17) is 4.74 Å². The number of nitrogens with one attached hydrogen (secondary N) is 1. The highest BCUT2D eigenvalue weighted by Gasteiger charge is 2.34. The quantitative estimate of drug-likeness (QED) is 0.852. The van der Waals surface area contributed by atoms with Gasteiger partial charge in [0.2, 0.25) is 11.8 Å². The second-order valence-electron chi connectivity index (χ2n) is 6.53. The molecule has 3 heterocycles. The Bertz CT molecular complexity index is 600. The van der Waals surface area contributed by atoms with E-state index in [-0.39, 0.29) is 29.8 Å². The maximum atomic E-state index is 12.5.